The number of thioether (sulfide) groups is 1. The number of halogens is 3. The van der Waals surface area contributed by atoms with Crippen molar-refractivity contribution in [2.45, 2.75) is 27.2 Å². The van der Waals surface area contributed by atoms with Gasteiger partial charge in [-0.1, -0.05) is 30.9 Å². The van der Waals surface area contributed by atoms with E-state index in [1.165, 1.54) is 43.4 Å². The van der Waals surface area contributed by atoms with Crippen LogP contribution >= 0.6 is 71.8 Å². The van der Waals surface area contributed by atoms with Crippen molar-refractivity contribution in [2.24, 2.45) is 0 Å². The van der Waals surface area contributed by atoms with E-state index in [1.807, 2.05) is 6.92 Å². The predicted octanol–water partition coefficient (Wildman–Crippen LogP) is 8.48. The Morgan fingerprint density at radius 2 is 1.09 bits per heavy atom. The Hall–Kier alpha value is 0.139. The first kappa shape index (κ1) is 29.4. The van der Waals surface area contributed by atoms with Crippen molar-refractivity contribution in [2.75, 3.05) is 12.3 Å². The van der Waals surface area contributed by atoms with Crippen LogP contribution in [0.1, 0.15) is 30.5 Å². The molecule has 0 unspecified atom stereocenters. The van der Waals surface area contributed by atoms with Crippen LogP contribution in [-0.2, 0) is 13.3 Å². The summed E-state index contributed by atoms with van der Waals surface area (Å²) in [4.78, 5) is 0. The molecule has 33 heavy (non-hydrogen) atoms. The molecule has 3 aromatic rings. The van der Waals surface area contributed by atoms with Gasteiger partial charge in [0.1, 0.15) is 4.32 Å². The standard InChI is InChI=1S/3C7H6Br.C5H11NS2.Sn.H/c3*1-6-4-2-3-5-7(6)8;1-3-6-5(7)8-4-2;;/h3*2-5H,1H2;3-4H2,1-2H3,(H,6,7);;. The first-order valence-corrected chi connectivity index (χ1v) is 21.8. The molecule has 7 heteroatoms. The van der Waals surface area contributed by atoms with Gasteiger partial charge in [0.25, 0.3) is 0 Å². The number of thiocarbonyl (C=S) groups is 1. The quantitative estimate of drug-likeness (QED) is 0.182. The van der Waals surface area contributed by atoms with Crippen LogP contribution in [0.15, 0.2) is 86.2 Å². The molecule has 0 aliphatic rings. The van der Waals surface area contributed by atoms with E-state index in [0.717, 1.165) is 16.6 Å². The Labute approximate surface area is 241 Å². The van der Waals surface area contributed by atoms with Crippen LogP contribution in [0.25, 0.3) is 0 Å². The Kier molecular flexibility index (Phi) is 14.9. The Morgan fingerprint density at radius 3 is 1.39 bits per heavy atom. The zero-order chi connectivity index (χ0) is 24.1. The number of hydrogen-bond acceptors (Lipinski definition) is 2. The van der Waals surface area contributed by atoms with Crippen LogP contribution in [0.2, 0.25) is 0 Å². The molecule has 0 atom stereocenters. The van der Waals surface area contributed by atoms with Crippen molar-refractivity contribution in [1.29, 1.82) is 0 Å². The van der Waals surface area contributed by atoms with E-state index in [1.54, 1.807) is 11.8 Å². The summed E-state index contributed by atoms with van der Waals surface area (Å²) < 4.78 is 8.42. The summed E-state index contributed by atoms with van der Waals surface area (Å²) in [6.45, 7) is 5.07. The first-order valence-electron chi connectivity index (χ1n) is 11.0. The summed E-state index contributed by atoms with van der Waals surface area (Å²) >= 11 is 15.9. The number of nitrogens with one attached hydrogen (secondary N) is 1. The van der Waals surface area contributed by atoms with Crippen LogP contribution in [0.3, 0.4) is 0 Å². The van der Waals surface area contributed by atoms with Crippen LogP contribution in [-0.4, -0.2) is 36.4 Å². The summed E-state index contributed by atoms with van der Waals surface area (Å²) in [5, 5.41) is 3.04. The molecular formula is C26H30Br3NS2Sn. The topological polar surface area (TPSA) is 12.0 Å². The average molecular weight is 779 g/mol. The molecule has 0 aliphatic heterocycles. The maximum absolute atomic E-state index is 4.90. The van der Waals surface area contributed by atoms with Gasteiger partial charge in [0.2, 0.25) is 0 Å². The molecule has 3 rings (SSSR count). The zero-order valence-electron chi connectivity index (χ0n) is 19.0. The molecular weight excluding hydrogens is 749 g/mol. The van der Waals surface area contributed by atoms with Gasteiger partial charge >= 0.3 is 184 Å². The monoisotopic (exact) mass is 777 g/mol. The van der Waals surface area contributed by atoms with Gasteiger partial charge < -0.3 is 5.32 Å². The van der Waals surface area contributed by atoms with Gasteiger partial charge in [0.05, 0.1) is 0 Å². The number of benzene rings is 3. The van der Waals surface area contributed by atoms with E-state index in [-0.39, 0.29) is 0 Å². The summed E-state index contributed by atoms with van der Waals surface area (Å²) in [6.07, 6.45) is 0. The van der Waals surface area contributed by atoms with Gasteiger partial charge in [-0.2, -0.15) is 0 Å². The van der Waals surface area contributed by atoms with Gasteiger partial charge in [0.15, 0.2) is 0 Å². The van der Waals surface area contributed by atoms with E-state index in [0.29, 0.717) is 0 Å². The Morgan fingerprint density at radius 1 is 0.727 bits per heavy atom. The van der Waals surface area contributed by atoms with Crippen molar-refractivity contribution in [3.8, 4) is 0 Å². The molecule has 1 N–H and O–H groups in total. The van der Waals surface area contributed by atoms with Gasteiger partial charge in [-0.3, -0.25) is 0 Å². The van der Waals surface area contributed by atoms with Gasteiger partial charge in [-0.15, -0.1) is 0 Å². The second-order valence-corrected chi connectivity index (χ2v) is 20.4. The molecule has 0 spiro atoms. The largest absolute Gasteiger partial charge is 0.371 e. The molecule has 0 amide bonds. The fourth-order valence-corrected chi connectivity index (χ4v) is 18.0. The normalized spacial score (nSPS) is 10.5. The van der Waals surface area contributed by atoms with Crippen LogP contribution in [0.5, 0.6) is 0 Å². The Bertz CT molecular complexity index is 895. The third-order valence-corrected chi connectivity index (χ3v) is 17.2. The van der Waals surface area contributed by atoms with E-state index in [4.69, 9.17) is 12.2 Å². The van der Waals surface area contributed by atoms with Crippen LogP contribution in [0, 0.1) is 0 Å². The van der Waals surface area contributed by atoms with Gasteiger partial charge in [-0.25, -0.2) is 0 Å². The second kappa shape index (κ2) is 16.7. The summed E-state index contributed by atoms with van der Waals surface area (Å²) in [5.41, 5.74) is 4.38. The first-order chi connectivity index (χ1) is 15.9. The molecule has 0 bridgehead atoms. The van der Waals surface area contributed by atoms with Crippen molar-refractivity contribution in [3.05, 3.63) is 103 Å². The minimum absolute atomic E-state index is 0.912. The smallest absolute Gasteiger partial charge is 0.133 e. The number of hydrogen-bond donors (Lipinski definition) is 1. The average Bonchev–Trinajstić information content (AvgIpc) is 2.79. The predicted molar refractivity (Wildman–Crippen MR) is 165 cm³/mol. The molecule has 0 heterocycles. The molecule has 176 valence electrons. The Balaban J connectivity index is 0.000000414. The van der Waals surface area contributed by atoms with Crippen molar-refractivity contribution < 1.29 is 0 Å². The zero-order valence-corrected chi connectivity index (χ0v) is 28.7. The van der Waals surface area contributed by atoms with Crippen LogP contribution in [0.4, 0.5) is 0 Å². The SMILES string of the molecule is Brc1ccccc1[CH2][SnH]([CH2]c1ccccc1Br)[CH2]c1ccccc1Br.CCNC(=S)SCC. The molecule has 0 aromatic heterocycles. The van der Waals surface area contributed by atoms with Gasteiger partial charge in [-0.05, 0) is 12.7 Å². The third-order valence-electron chi connectivity index (χ3n) is 5.00. The summed E-state index contributed by atoms with van der Waals surface area (Å²) in [7, 11) is 0. The van der Waals surface area contributed by atoms with Crippen molar-refractivity contribution in [3.63, 3.8) is 0 Å². The summed E-state index contributed by atoms with van der Waals surface area (Å²) in [5.74, 6) is 1.06. The van der Waals surface area contributed by atoms with Gasteiger partial charge in [0, 0.05) is 6.54 Å². The van der Waals surface area contributed by atoms with E-state index >= 15 is 0 Å². The van der Waals surface area contributed by atoms with Crippen LogP contribution < -0.4 is 5.32 Å². The molecule has 0 saturated carbocycles. The summed E-state index contributed by atoms with van der Waals surface area (Å²) in [6, 6.07) is 26.0. The third kappa shape index (κ3) is 11.2. The van der Waals surface area contributed by atoms with E-state index < -0.39 is 19.8 Å². The minimum Gasteiger partial charge on any atom is -0.371 e. The molecule has 3 aromatic carbocycles. The maximum atomic E-state index is 4.90. The van der Waals surface area contributed by atoms with E-state index in [2.05, 4.69) is 133 Å². The second-order valence-electron chi connectivity index (χ2n) is 7.50. The molecule has 0 aliphatic carbocycles. The fourth-order valence-electron chi connectivity index (χ4n) is 3.47. The van der Waals surface area contributed by atoms with Crippen molar-refractivity contribution >= 4 is 95.8 Å². The molecule has 1 nitrogen and oxygen atoms in total. The van der Waals surface area contributed by atoms with E-state index in [9.17, 15) is 0 Å². The molecule has 0 fully saturated rings. The molecule has 0 radical (unpaired) electrons. The fraction of sp³-hybridized carbons (Fsp3) is 0.269. The number of rotatable bonds is 8. The molecule has 0 saturated heterocycles. The van der Waals surface area contributed by atoms with Crippen molar-refractivity contribution in [1.82, 2.24) is 5.32 Å². The maximum Gasteiger partial charge on any atom is 0.133 e. The minimum atomic E-state index is -1.91.